The number of hydrogen-bond acceptors (Lipinski definition) is 2. The van der Waals surface area contributed by atoms with Crippen molar-refractivity contribution in [2.45, 2.75) is 19.8 Å². The summed E-state index contributed by atoms with van der Waals surface area (Å²) in [5.74, 6) is 0.450. The van der Waals surface area contributed by atoms with E-state index in [1.165, 1.54) is 0 Å². The van der Waals surface area contributed by atoms with Gasteiger partial charge in [-0.2, -0.15) is 29.8 Å². The van der Waals surface area contributed by atoms with Gasteiger partial charge in [0.1, 0.15) is 0 Å². The van der Waals surface area contributed by atoms with E-state index in [-0.39, 0.29) is 32.7 Å². The zero-order valence-corrected chi connectivity index (χ0v) is 10.7. The number of benzene rings is 1. The molecule has 1 rings (SSSR count). The van der Waals surface area contributed by atoms with Crippen molar-refractivity contribution in [3.63, 3.8) is 0 Å². The van der Waals surface area contributed by atoms with Crippen LogP contribution in [0.3, 0.4) is 0 Å². The molecular formula is C9H12BO2Y-. The van der Waals surface area contributed by atoms with E-state index in [0.29, 0.717) is 11.4 Å². The molecule has 0 fully saturated rings. The molecule has 2 nitrogen and oxygen atoms in total. The molecule has 1 radical (unpaired) electrons. The molecule has 0 saturated carbocycles. The third-order valence-electron chi connectivity index (χ3n) is 1.81. The Kier molecular flexibility index (Phi) is 6.06. The summed E-state index contributed by atoms with van der Waals surface area (Å²) in [5, 5.41) is 17.6. The van der Waals surface area contributed by atoms with Gasteiger partial charge in [-0.15, -0.1) is 5.46 Å². The van der Waals surface area contributed by atoms with Crippen LogP contribution in [-0.2, 0) is 32.7 Å². The van der Waals surface area contributed by atoms with Gasteiger partial charge in [-0.25, -0.2) is 0 Å². The first kappa shape index (κ1) is 13.3. The van der Waals surface area contributed by atoms with Gasteiger partial charge in [0.25, 0.3) is 0 Å². The van der Waals surface area contributed by atoms with Crippen LogP contribution in [0.15, 0.2) is 18.2 Å². The fourth-order valence-corrected chi connectivity index (χ4v) is 0.969. The summed E-state index contributed by atoms with van der Waals surface area (Å²) in [4.78, 5) is 0. The van der Waals surface area contributed by atoms with Crippen molar-refractivity contribution in [2.75, 3.05) is 0 Å². The van der Waals surface area contributed by atoms with Crippen molar-refractivity contribution in [3.8, 4) is 0 Å². The second kappa shape index (κ2) is 5.92. The summed E-state index contributed by atoms with van der Waals surface area (Å²) >= 11 is 0. The molecule has 0 heterocycles. The number of rotatable bonds is 2. The Hall–Kier alpha value is 0.309. The molecule has 0 bridgehead atoms. The van der Waals surface area contributed by atoms with Gasteiger partial charge in [0, 0.05) is 32.7 Å². The minimum absolute atomic E-state index is 0. The Balaban J connectivity index is 0.00000144. The zero-order valence-electron chi connectivity index (χ0n) is 7.86. The minimum atomic E-state index is -1.41. The van der Waals surface area contributed by atoms with E-state index in [0.717, 1.165) is 5.56 Å². The molecule has 0 saturated heterocycles. The topological polar surface area (TPSA) is 40.5 Å². The van der Waals surface area contributed by atoms with E-state index < -0.39 is 7.12 Å². The third-order valence-corrected chi connectivity index (χ3v) is 1.81. The fraction of sp³-hybridized carbons (Fsp3) is 0.333. The van der Waals surface area contributed by atoms with Crippen LogP contribution in [0.25, 0.3) is 0 Å². The van der Waals surface area contributed by atoms with Crippen LogP contribution in [0, 0.1) is 6.07 Å². The molecule has 1 aromatic rings. The molecular weight excluding hydrogens is 240 g/mol. The summed E-state index contributed by atoms with van der Waals surface area (Å²) in [5.41, 5.74) is 1.57. The Labute approximate surface area is 104 Å². The van der Waals surface area contributed by atoms with Gasteiger partial charge in [0.05, 0.1) is 0 Å². The Morgan fingerprint density at radius 2 is 1.92 bits per heavy atom. The van der Waals surface area contributed by atoms with Gasteiger partial charge in [-0.05, 0) is 0 Å². The average molecular weight is 252 g/mol. The molecule has 0 unspecified atom stereocenters. The first-order valence-electron chi connectivity index (χ1n) is 3.99. The summed E-state index contributed by atoms with van der Waals surface area (Å²) in [6.07, 6.45) is 0. The summed E-state index contributed by atoms with van der Waals surface area (Å²) in [6.45, 7) is 4.16. The van der Waals surface area contributed by atoms with Crippen molar-refractivity contribution in [2.24, 2.45) is 0 Å². The van der Waals surface area contributed by atoms with E-state index in [1.807, 2.05) is 6.07 Å². The first-order chi connectivity index (χ1) is 5.61. The molecule has 4 heteroatoms. The molecule has 0 aliphatic carbocycles. The normalized spacial score (nSPS) is 9.62. The van der Waals surface area contributed by atoms with Crippen molar-refractivity contribution in [3.05, 3.63) is 29.8 Å². The minimum Gasteiger partial charge on any atom is -0.425 e. The first-order valence-corrected chi connectivity index (χ1v) is 3.99. The van der Waals surface area contributed by atoms with E-state index >= 15 is 0 Å². The maximum atomic E-state index is 8.78. The van der Waals surface area contributed by atoms with E-state index in [2.05, 4.69) is 19.9 Å². The summed E-state index contributed by atoms with van der Waals surface area (Å²) in [6, 6.07) is 8.17. The molecule has 0 aliphatic rings. The van der Waals surface area contributed by atoms with Gasteiger partial charge in [0.15, 0.2) is 0 Å². The van der Waals surface area contributed by atoms with Gasteiger partial charge in [0.2, 0.25) is 0 Å². The summed E-state index contributed by atoms with van der Waals surface area (Å²) < 4.78 is 0. The Bertz CT molecular complexity index is 219. The predicted octanol–water partition coefficient (Wildman–Crippen LogP) is 0.287. The second-order valence-electron chi connectivity index (χ2n) is 3.11. The van der Waals surface area contributed by atoms with Crippen LogP contribution < -0.4 is 5.46 Å². The SMILES string of the molecule is CC(C)c1c[c-]c(B(O)O)cc1.[Y]. The molecule has 13 heavy (non-hydrogen) atoms. The van der Waals surface area contributed by atoms with Crippen molar-refractivity contribution in [1.82, 2.24) is 0 Å². The second-order valence-corrected chi connectivity index (χ2v) is 3.11. The Morgan fingerprint density at radius 3 is 2.23 bits per heavy atom. The predicted molar refractivity (Wildman–Crippen MR) is 49.2 cm³/mol. The van der Waals surface area contributed by atoms with Gasteiger partial charge < -0.3 is 10.0 Å². The Morgan fingerprint density at radius 1 is 1.31 bits per heavy atom. The quantitative estimate of drug-likeness (QED) is 0.586. The molecule has 0 aliphatic heterocycles. The van der Waals surface area contributed by atoms with Crippen LogP contribution >= 0.6 is 0 Å². The maximum Gasteiger partial charge on any atom is 0.462 e. The van der Waals surface area contributed by atoms with Crippen LogP contribution in [-0.4, -0.2) is 17.2 Å². The molecule has 0 spiro atoms. The maximum absolute atomic E-state index is 8.78. The molecule has 1 aromatic carbocycles. The molecule has 67 valence electrons. The van der Waals surface area contributed by atoms with E-state index in [1.54, 1.807) is 12.1 Å². The summed E-state index contributed by atoms with van der Waals surface area (Å²) in [7, 11) is -1.41. The van der Waals surface area contributed by atoms with Crippen LogP contribution in [0.2, 0.25) is 0 Å². The van der Waals surface area contributed by atoms with E-state index in [9.17, 15) is 0 Å². The largest absolute Gasteiger partial charge is 0.462 e. The molecule has 0 aromatic heterocycles. The number of hydrogen-bond donors (Lipinski definition) is 2. The monoisotopic (exact) mass is 252 g/mol. The smallest absolute Gasteiger partial charge is 0.425 e. The van der Waals surface area contributed by atoms with Gasteiger partial charge in [-0.1, -0.05) is 19.8 Å². The molecule has 0 amide bonds. The van der Waals surface area contributed by atoms with Gasteiger partial charge in [-0.3, -0.25) is 0 Å². The third kappa shape index (κ3) is 3.90. The van der Waals surface area contributed by atoms with Crippen LogP contribution in [0.1, 0.15) is 25.3 Å². The fourth-order valence-electron chi connectivity index (χ4n) is 0.969. The average Bonchev–Trinajstić information content (AvgIpc) is 2.04. The van der Waals surface area contributed by atoms with Crippen molar-refractivity contribution >= 4 is 12.6 Å². The van der Waals surface area contributed by atoms with Crippen molar-refractivity contribution in [1.29, 1.82) is 0 Å². The zero-order chi connectivity index (χ0) is 9.14. The van der Waals surface area contributed by atoms with E-state index in [4.69, 9.17) is 10.0 Å². The molecule has 2 N–H and O–H groups in total. The molecule has 0 atom stereocenters. The van der Waals surface area contributed by atoms with Crippen LogP contribution in [0.5, 0.6) is 0 Å². The standard InChI is InChI=1S/C9H12BO2.Y/c1-7(2)8-3-5-9(6-4-8)10(11)12;/h3-5,7,11-12H,1-2H3;/q-1;. The van der Waals surface area contributed by atoms with Gasteiger partial charge >= 0.3 is 7.12 Å². The van der Waals surface area contributed by atoms with Crippen molar-refractivity contribution < 1.29 is 42.8 Å². The van der Waals surface area contributed by atoms with Crippen LogP contribution in [0.4, 0.5) is 0 Å².